The van der Waals surface area contributed by atoms with Gasteiger partial charge in [0, 0.05) is 38.1 Å². The van der Waals surface area contributed by atoms with E-state index >= 15 is 0 Å². The number of nitrogens with zero attached hydrogens (tertiary/aromatic N) is 4. The van der Waals surface area contributed by atoms with E-state index in [4.69, 9.17) is 10.7 Å². The van der Waals surface area contributed by atoms with Crippen LogP contribution in [0.15, 0.2) is 83.9 Å². The summed E-state index contributed by atoms with van der Waals surface area (Å²) in [6, 6.07) is 22.1. The van der Waals surface area contributed by atoms with E-state index in [-0.39, 0.29) is 11.6 Å². The van der Waals surface area contributed by atoms with Gasteiger partial charge in [-0.05, 0) is 55.1 Å². The first-order valence-electron chi connectivity index (χ1n) is 11.8. The summed E-state index contributed by atoms with van der Waals surface area (Å²) in [7, 11) is 3.70. The van der Waals surface area contributed by atoms with Gasteiger partial charge in [-0.3, -0.25) is 4.79 Å². The van der Waals surface area contributed by atoms with Gasteiger partial charge in [-0.25, -0.2) is 4.98 Å². The molecule has 7 nitrogen and oxygen atoms in total. The van der Waals surface area contributed by atoms with Crippen molar-refractivity contribution in [2.75, 3.05) is 23.8 Å². The fraction of sp³-hybridized carbons (Fsp3) is 0.250. The van der Waals surface area contributed by atoms with Crippen LogP contribution in [0, 0.1) is 0 Å². The molecule has 2 heterocycles. The van der Waals surface area contributed by atoms with Gasteiger partial charge in [0.2, 0.25) is 5.95 Å². The van der Waals surface area contributed by atoms with Crippen molar-refractivity contribution >= 4 is 17.5 Å². The van der Waals surface area contributed by atoms with Gasteiger partial charge in [0.05, 0.1) is 5.69 Å². The van der Waals surface area contributed by atoms with Gasteiger partial charge in [-0.1, -0.05) is 54.6 Å². The molecule has 3 N–H and O–H groups in total. The number of benzene rings is 2. The maximum Gasteiger partial charge on any atom is 0.258 e. The first kappa shape index (κ1) is 24.2. The second-order valence-corrected chi connectivity index (χ2v) is 8.80. The predicted octanol–water partition coefficient (Wildman–Crippen LogP) is 4.15. The third-order valence-electron chi connectivity index (χ3n) is 5.97. The molecular weight excluding hydrogens is 436 g/mol. The number of aryl methyl sites for hydroxylation is 1. The number of hydrogen-bond donors (Lipinski definition) is 2. The van der Waals surface area contributed by atoms with E-state index < -0.39 is 0 Å². The molecule has 180 valence electrons. The first-order chi connectivity index (χ1) is 16.9. The summed E-state index contributed by atoms with van der Waals surface area (Å²) in [5.41, 5.74) is 10.6. The van der Waals surface area contributed by atoms with Crippen LogP contribution in [0.1, 0.15) is 18.1 Å². The molecule has 1 atom stereocenters. The zero-order valence-electron chi connectivity index (χ0n) is 20.5. The highest BCUT2D eigenvalue weighted by molar-refractivity contribution is 5.70. The number of pyridine rings is 1. The van der Waals surface area contributed by atoms with Crippen molar-refractivity contribution in [3.63, 3.8) is 0 Å². The highest BCUT2D eigenvalue weighted by Gasteiger charge is 2.13. The molecule has 0 amide bonds. The highest BCUT2D eigenvalue weighted by Crippen LogP contribution is 2.25. The Morgan fingerprint density at radius 2 is 1.83 bits per heavy atom. The standard InChI is InChI=1S/C28H32N6O/c1-20(16-22-9-7-8-21(17-22)12-14-29)31-28-30-15-13-26(32-28)34(3)24-18-25(27(35)33(2)19-24)23-10-5-4-6-11-23/h4-11,13,15,17-20H,12,14,16,29H2,1-3H3,(H,30,31,32)/t20-/m0/s1. The quantitative estimate of drug-likeness (QED) is 0.384. The third kappa shape index (κ3) is 5.94. The van der Waals surface area contributed by atoms with Crippen molar-refractivity contribution < 1.29 is 0 Å². The van der Waals surface area contributed by atoms with Crippen molar-refractivity contribution in [1.29, 1.82) is 0 Å². The molecule has 2 aromatic heterocycles. The summed E-state index contributed by atoms with van der Waals surface area (Å²) >= 11 is 0. The maximum atomic E-state index is 12.8. The zero-order chi connectivity index (χ0) is 24.8. The molecule has 0 saturated heterocycles. The minimum atomic E-state index is -0.0391. The Balaban J connectivity index is 1.52. The summed E-state index contributed by atoms with van der Waals surface area (Å²) < 4.78 is 1.61. The van der Waals surface area contributed by atoms with Crippen LogP contribution in [-0.2, 0) is 19.9 Å². The van der Waals surface area contributed by atoms with E-state index in [0.717, 1.165) is 29.9 Å². The monoisotopic (exact) mass is 468 g/mol. The molecule has 4 rings (SSSR count). The molecule has 0 radical (unpaired) electrons. The Labute approximate surface area is 206 Å². The number of nitrogens with two attached hydrogens (primary N) is 1. The molecular formula is C28H32N6O. The fourth-order valence-electron chi connectivity index (χ4n) is 4.14. The molecule has 0 saturated carbocycles. The van der Waals surface area contributed by atoms with Crippen LogP contribution in [0.3, 0.4) is 0 Å². The van der Waals surface area contributed by atoms with Gasteiger partial charge in [-0.2, -0.15) is 4.98 Å². The smallest absolute Gasteiger partial charge is 0.258 e. The van der Waals surface area contributed by atoms with Gasteiger partial charge in [0.15, 0.2) is 0 Å². The lowest BCUT2D eigenvalue weighted by atomic mass is 10.0. The van der Waals surface area contributed by atoms with Crippen LogP contribution in [0.4, 0.5) is 17.5 Å². The molecule has 2 aromatic carbocycles. The van der Waals surface area contributed by atoms with Crippen LogP contribution in [0.5, 0.6) is 0 Å². The number of nitrogens with one attached hydrogen (secondary N) is 1. The van der Waals surface area contributed by atoms with Gasteiger partial charge in [0.25, 0.3) is 5.56 Å². The molecule has 0 unspecified atom stereocenters. The third-order valence-corrected chi connectivity index (χ3v) is 5.97. The average Bonchev–Trinajstić information content (AvgIpc) is 2.86. The van der Waals surface area contributed by atoms with Crippen LogP contribution in [0.25, 0.3) is 11.1 Å². The number of aromatic nitrogens is 3. The van der Waals surface area contributed by atoms with Crippen molar-refractivity contribution in [1.82, 2.24) is 14.5 Å². The van der Waals surface area contributed by atoms with E-state index in [1.54, 1.807) is 17.8 Å². The fourth-order valence-corrected chi connectivity index (χ4v) is 4.14. The van der Waals surface area contributed by atoms with Crippen LogP contribution < -0.4 is 21.5 Å². The largest absolute Gasteiger partial charge is 0.351 e. The van der Waals surface area contributed by atoms with E-state index in [9.17, 15) is 4.79 Å². The molecule has 0 aliphatic rings. The number of rotatable bonds is 9. The van der Waals surface area contributed by atoms with Crippen molar-refractivity contribution in [2.45, 2.75) is 25.8 Å². The van der Waals surface area contributed by atoms with E-state index in [0.29, 0.717) is 18.1 Å². The second kappa shape index (κ2) is 11.0. The zero-order valence-corrected chi connectivity index (χ0v) is 20.5. The summed E-state index contributed by atoms with van der Waals surface area (Å²) in [6.07, 6.45) is 5.30. The maximum absolute atomic E-state index is 12.8. The lowest BCUT2D eigenvalue weighted by Crippen LogP contribution is -2.22. The Morgan fingerprint density at radius 3 is 2.60 bits per heavy atom. The summed E-state index contributed by atoms with van der Waals surface area (Å²) in [4.78, 5) is 23.9. The normalized spacial score (nSPS) is 11.8. The van der Waals surface area contributed by atoms with Crippen molar-refractivity contribution in [3.05, 3.63) is 101 Å². The lowest BCUT2D eigenvalue weighted by Gasteiger charge is -2.21. The van der Waals surface area contributed by atoms with Gasteiger partial charge in [-0.15, -0.1) is 0 Å². The SMILES string of the molecule is C[C@@H](Cc1cccc(CCN)c1)Nc1nccc(N(C)c2cc(-c3ccccc3)c(=O)n(C)c2)n1. The van der Waals surface area contributed by atoms with Crippen LogP contribution >= 0.6 is 0 Å². The predicted molar refractivity (Wildman–Crippen MR) is 143 cm³/mol. The Hall–Kier alpha value is -3.97. The number of anilines is 3. The Morgan fingerprint density at radius 1 is 1.06 bits per heavy atom. The topological polar surface area (TPSA) is 89.1 Å². The van der Waals surface area contributed by atoms with Gasteiger partial charge >= 0.3 is 0 Å². The minimum absolute atomic E-state index is 0.0391. The van der Waals surface area contributed by atoms with Crippen molar-refractivity contribution in [3.8, 4) is 11.1 Å². The molecule has 0 fully saturated rings. The van der Waals surface area contributed by atoms with E-state index in [2.05, 4.69) is 41.5 Å². The minimum Gasteiger partial charge on any atom is -0.351 e. The second-order valence-electron chi connectivity index (χ2n) is 8.80. The highest BCUT2D eigenvalue weighted by atomic mass is 16.1. The van der Waals surface area contributed by atoms with E-state index in [1.165, 1.54) is 11.1 Å². The lowest BCUT2D eigenvalue weighted by molar-refractivity contribution is 0.775. The van der Waals surface area contributed by atoms with Crippen LogP contribution in [0.2, 0.25) is 0 Å². The molecule has 4 aromatic rings. The van der Waals surface area contributed by atoms with Crippen molar-refractivity contribution in [2.24, 2.45) is 12.8 Å². The summed E-state index contributed by atoms with van der Waals surface area (Å²) in [5, 5.41) is 3.42. The van der Waals surface area contributed by atoms with Gasteiger partial charge < -0.3 is 20.5 Å². The van der Waals surface area contributed by atoms with Gasteiger partial charge in [0.1, 0.15) is 5.82 Å². The summed E-state index contributed by atoms with van der Waals surface area (Å²) in [6.45, 7) is 2.77. The molecule has 0 bridgehead atoms. The number of hydrogen-bond acceptors (Lipinski definition) is 6. The van der Waals surface area contributed by atoms with Crippen LogP contribution in [-0.4, -0.2) is 34.2 Å². The molecule has 7 heteroatoms. The molecule has 35 heavy (non-hydrogen) atoms. The average molecular weight is 469 g/mol. The van der Waals surface area contributed by atoms with E-state index in [1.807, 2.05) is 60.6 Å². The molecule has 0 aliphatic carbocycles. The first-order valence-corrected chi connectivity index (χ1v) is 11.8. The molecule has 0 aliphatic heterocycles. The Kier molecular flexibility index (Phi) is 7.57. The Bertz CT molecular complexity index is 1330. The molecule has 0 spiro atoms. The summed E-state index contributed by atoms with van der Waals surface area (Å²) in [5.74, 6) is 1.30.